The molecule has 0 unspecified atom stereocenters. The van der Waals surface area contributed by atoms with Gasteiger partial charge in [-0.15, -0.1) is 0 Å². The number of methoxy groups -OCH3 is 1. The fourth-order valence-corrected chi connectivity index (χ4v) is 2.74. The van der Waals surface area contributed by atoms with Crippen LogP contribution in [0.15, 0.2) is 59.6 Å². The van der Waals surface area contributed by atoms with Crippen LogP contribution in [-0.2, 0) is 10.0 Å². The van der Waals surface area contributed by atoms with Crippen molar-refractivity contribution in [2.45, 2.75) is 4.90 Å². The van der Waals surface area contributed by atoms with Crippen molar-refractivity contribution in [3.8, 4) is 17.4 Å². The Labute approximate surface area is 161 Å². The molecule has 3 rings (SSSR count). The van der Waals surface area contributed by atoms with Crippen LogP contribution in [0.2, 0.25) is 5.02 Å². The second kappa shape index (κ2) is 7.78. The summed E-state index contributed by atoms with van der Waals surface area (Å²) in [5.41, 5.74) is 0.570. The van der Waals surface area contributed by atoms with E-state index in [2.05, 4.69) is 15.3 Å². The minimum Gasteiger partial charge on any atom is -0.497 e. The Morgan fingerprint density at radius 2 is 1.67 bits per heavy atom. The molecule has 0 bridgehead atoms. The summed E-state index contributed by atoms with van der Waals surface area (Å²) in [6.45, 7) is 0. The molecule has 8 nitrogen and oxygen atoms in total. The number of hydrogen-bond acceptors (Lipinski definition) is 7. The molecule has 0 aliphatic heterocycles. The summed E-state index contributed by atoms with van der Waals surface area (Å²) in [4.78, 5) is 8.31. The standard InChI is InChI=1S/C17H15ClN4O4S/c1-25-12-4-6-13(7-5-12)26-16-15(18)10-20-17(22-16)21-11-2-8-14(9-3-11)27(19,23)24/h2-10H,1H3,(H2,19,23,24)(H,20,21,22). The molecule has 0 fully saturated rings. The highest BCUT2D eigenvalue weighted by Gasteiger charge is 2.10. The van der Waals surface area contributed by atoms with Crippen LogP contribution in [-0.4, -0.2) is 25.5 Å². The Balaban J connectivity index is 1.78. The average molecular weight is 407 g/mol. The molecule has 0 amide bonds. The molecule has 0 saturated carbocycles. The van der Waals surface area contributed by atoms with Crippen LogP contribution >= 0.6 is 11.6 Å². The number of nitrogens with one attached hydrogen (secondary N) is 1. The van der Waals surface area contributed by atoms with E-state index < -0.39 is 10.0 Å². The first kappa shape index (κ1) is 18.9. The maximum atomic E-state index is 11.3. The normalized spacial score (nSPS) is 11.1. The number of benzene rings is 2. The molecular formula is C17H15ClN4O4S. The minimum atomic E-state index is -3.75. The van der Waals surface area contributed by atoms with Crippen molar-refractivity contribution in [2.24, 2.45) is 5.14 Å². The fourth-order valence-electron chi connectivity index (χ4n) is 2.10. The number of halogens is 1. The van der Waals surface area contributed by atoms with Crippen LogP contribution in [0, 0.1) is 0 Å². The molecule has 3 N–H and O–H groups in total. The Morgan fingerprint density at radius 3 is 2.26 bits per heavy atom. The van der Waals surface area contributed by atoms with Gasteiger partial charge in [-0.1, -0.05) is 11.6 Å². The number of ether oxygens (including phenoxy) is 2. The minimum absolute atomic E-state index is 0.00797. The van der Waals surface area contributed by atoms with E-state index in [1.165, 1.54) is 18.3 Å². The van der Waals surface area contributed by atoms with E-state index in [0.29, 0.717) is 17.2 Å². The number of primary sulfonamides is 1. The van der Waals surface area contributed by atoms with Crippen LogP contribution in [0.25, 0.3) is 0 Å². The lowest BCUT2D eigenvalue weighted by Crippen LogP contribution is -2.11. The smallest absolute Gasteiger partial charge is 0.243 e. The van der Waals surface area contributed by atoms with E-state index in [0.717, 1.165) is 0 Å². The van der Waals surface area contributed by atoms with Crippen LogP contribution in [0.5, 0.6) is 17.4 Å². The van der Waals surface area contributed by atoms with Crippen LogP contribution in [0.1, 0.15) is 0 Å². The lowest BCUT2D eigenvalue weighted by molar-refractivity contribution is 0.412. The molecule has 2 aromatic carbocycles. The van der Waals surface area contributed by atoms with E-state index in [1.54, 1.807) is 43.5 Å². The Morgan fingerprint density at radius 1 is 1.04 bits per heavy atom. The Kier molecular flexibility index (Phi) is 5.45. The molecule has 1 aromatic heterocycles. The van der Waals surface area contributed by atoms with E-state index in [4.69, 9.17) is 26.2 Å². The SMILES string of the molecule is COc1ccc(Oc2nc(Nc3ccc(S(N)(=O)=O)cc3)ncc2Cl)cc1. The van der Waals surface area contributed by atoms with Gasteiger partial charge in [0.1, 0.15) is 16.5 Å². The predicted molar refractivity (Wildman–Crippen MR) is 101 cm³/mol. The maximum Gasteiger partial charge on any atom is 0.243 e. The van der Waals surface area contributed by atoms with Crippen molar-refractivity contribution in [3.63, 3.8) is 0 Å². The summed E-state index contributed by atoms with van der Waals surface area (Å²) in [7, 11) is -2.18. The summed E-state index contributed by atoms with van der Waals surface area (Å²) in [5, 5.41) is 8.25. The molecule has 0 spiro atoms. The highest BCUT2D eigenvalue weighted by molar-refractivity contribution is 7.89. The zero-order chi connectivity index (χ0) is 19.4. The van der Waals surface area contributed by atoms with Crippen molar-refractivity contribution in [2.75, 3.05) is 12.4 Å². The van der Waals surface area contributed by atoms with Gasteiger partial charge in [0.25, 0.3) is 0 Å². The van der Waals surface area contributed by atoms with Gasteiger partial charge in [0.15, 0.2) is 0 Å². The van der Waals surface area contributed by atoms with Crippen LogP contribution < -0.4 is 19.9 Å². The van der Waals surface area contributed by atoms with Gasteiger partial charge >= 0.3 is 0 Å². The molecule has 0 atom stereocenters. The van der Waals surface area contributed by atoms with E-state index in [1.807, 2.05) is 0 Å². The third kappa shape index (κ3) is 4.85. The molecule has 0 saturated heterocycles. The Hall–Kier alpha value is -2.88. The first-order chi connectivity index (χ1) is 12.8. The van der Waals surface area contributed by atoms with Gasteiger partial charge in [-0.25, -0.2) is 18.5 Å². The van der Waals surface area contributed by atoms with E-state index in [-0.39, 0.29) is 21.7 Å². The molecule has 10 heteroatoms. The summed E-state index contributed by atoms with van der Waals surface area (Å²) in [6, 6.07) is 12.8. The van der Waals surface area contributed by atoms with E-state index >= 15 is 0 Å². The topological polar surface area (TPSA) is 116 Å². The number of aromatic nitrogens is 2. The van der Waals surface area contributed by atoms with Gasteiger partial charge in [-0.2, -0.15) is 4.98 Å². The lowest BCUT2D eigenvalue weighted by Gasteiger charge is -2.10. The Bertz CT molecular complexity index is 1040. The molecule has 1 heterocycles. The number of anilines is 2. The van der Waals surface area contributed by atoms with Crippen molar-refractivity contribution in [1.82, 2.24) is 9.97 Å². The third-order valence-electron chi connectivity index (χ3n) is 3.42. The molecule has 140 valence electrons. The lowest BCUT2D eigenvalue weighted by atomic mass is 10.3. The second-order valence-corrected chi connectivity index (χ2v) is 7.29. The highest BCUT2D eigenvalue weighted by atomic mass is 35.5. The first-order valence-corrected chi connectivity index (χ1v) is 9.52. The van der Waals surface area contributed by atoms with E-state index in [9.17, 15) is 8.42 Å². The third-order valence-corrected chi connectivity index (χ3v) is 4.61. The molecular weight excluding hydrogens is 392 g/mol. The van der Waals surface area contributed by atoms with Gasteiger partial charge in [0.05, 0.1) is 18.2 Å². The van der Waals surface area contributed by atoms with Gasteiger partial charge in [-0.3, -0.25) is 0 Å². The summed E-state index contributed by atoms with van der Waals surface area (Å²) in [5.74, 6) is 1.62. The summed E-state index contributed by atoms with van der Waals surface area (Å²) < 4.78 is 33.4. The summed E-state index contributed by atoms with van der Waals surface area (Å²) >= 11 is 6.10. The van der Waals surface area contributed by atoms with Gasteiger partial charge in [-0.05, 0) is 48.5 Å². The van der Waals surface area contributed by atoms with Crippen LogP contribution in [0.4, 0.5) is 11.6 Å². The molecule has 0 aliphatic carbocycles. The predicted octanol–water partition coefficient (Wildman–Crippen LogP) is 3.32. The largest absolute Gasteiger partial charge is 0.497 e. The zero-order valence-electron chi connectivity index (χ0n) is 14.1. The van der Waals surface area contributed by atoms with Gasteiger partial charge in [0.2, 0.25) is 21.9 Å². The second-order valence-electron chi connectivity index (χ2n) is 5.32. The quantitative estimate of drug-likeness (QED) is 0.644. The van der Waals surface area contributed by atoms with Crippen molar-refractivity contribution in [1.29, 1.82) is 0 Å². The number of hydrogen-bond donors (Lipinski definition) is 2. The fraction of sp³-hybridized carbons (Fsp3) is 0.0588. The highest BCUT2D eigenvalue weighted by Crippen LogP contribution is 2.29. The first-order valence-electron chi connectivity index (χ1n) is 7.59. The van der Waals surface area contributed by atoms with Crippen molar-refractivity contribution < 1.29 is 17.9 Å². The summed E-state index contributed by atoms with van der Waals surface area (Å²) in [6.07, 6.45) is 1.40. The van der Waals surface area contributed by atoms with Gasteiger partial charge in [0, 0.05) is 5.69 Å². The van der Waals surface area contributed by atoms with Crippen molar-refractivity contribution in [3.05, 3.63) is 59.8 Å². The number of nitrogens with zero attached hydrogens (tertiary/aromatic N) is 2. The number of sulfonamides is 1. The number of rotatable bonds is 6. The molecule has 0 radical (unpaired) electrons. The van der Waals surface area contributed by atoms with Crippen LogP contribution in [0.3, 0.4) is 0 Å². The molecule has 27 heavy (non-hydrogen) atoms. The average Bonchev–Trinajstić information content (AvgIpc) is 2.65. The number of nitrogens with two attached hydrogens (primary N) is 1. The maximum absolute atomic E-state index is 11.3. The zero-order valence-corrected chi connectivity index (χ0v) is 15.7. The monoisotopic (exact) mass is 406 g/mol. The van der Waals surface area contributed by atoms with Gasteiger partial charge < -0.3 is 14.8 Å². The molecule has 0 aliphatic rings. The van der Waals surface area contributed by atoms with Crippen molar-refractivity contribution >= 4 is 33.3 Å². The molecule has 3 aromatic rings.